The van der Waals surface area contributed by atoms with Crippen molar-refractivity contribution in [3.63, 3.8) is 0 Å². The molecule has 6 nitrogen and oxygen atoms in total. The SMILES string of the molecule is CNC(=O)c1ccc(NC(=O)N2CCO[C@H](c3ccc(F)c(F)c3)C2)cc1. The molecule has 2 N–H and O–H groups in total. The molecule has 0 spiro atoms. The molecular weight excluding hydrogens is 356 g/mol. The van der Waals surface area contributed by atoms with Crippen LogP contribution in [0.25, 0.3) is 0 Å². The highest BCUT2D eigenvalue weighted by Gasteiger charge is 2.26. The zero-order valence-corrected chi connectivity index (χ0v) is 14.7. The van der Waals surface area contributed by atoms with Gasteiger partial charge in [0.1, 0.15) is 6.10 Å². The summed E-state index contributed by atoms with van der Waals surface area (Å²) >= 11 is 0. The first-order valence-corrected chi connectivity index (χ1v) is 8.42. The summed E-state index contributed by atoms with van der Waals surface area (Å²) in [6, 6.07) is 9.72. The molecule has 27 heavy (non-hydrogen) atoms. The van der Waals surface area contributed by atoms with E-state index in [1.54, 1.807) is 36.2 Å². The first-order valence-electron chi connectivity index (χ1n) is 8.42. The summed E-state index contributed by atoms with van der Waals surface area (Å²) in [5, 5.41) is 5.28. The number of morpholine rings is 1. The van der Waals surface area contributed by atoms with Gasteiger partial charge >= 0.3 is 6.03 Å². The van der Waals surface area contributed by atoms with Crippen molar-refractivity contribution in [2.24, 2.45) is 0 Å². The minimum absolute atomic E-state index is 0.213. The molecule has 3 amide bonds. The predicted octanol–water partition coefficient (Wildman–Crippen LogP) is 2.93. The number of hydrogen-bond donors (Lipinski definition) is 2. The summed E-state index contributed by atoms with van der Waals surface area (Å²) in [7, 11) is 1.54. The molecule has 8 heteroatoms. The first kappa shape index (κ1) is 18.8. The Balaban J connectivity index is 1.64. The Hall–Kier alpha value is -3.00. The van der Waals surface area contributed by atoms with Crippen molar-refractivity contribution in [1.29, 1.82) is 0 Å². The van der Waals surface area contributed by atoms with E-state index in [9.17, 15) is 18.4 Å². The third-order valence-corrected chi connectivity index (χ3v) is 4.29. The first-order chi connectivity index (χ1) is 13.0. The van der Waals surface area contributed by atoms with E-state index in [2.05, 4.69) is 10.6 Å². The van der Waals surface area contributed by atoms with E-state index in [0.717, 1.165) is 12.1 Å². The maximum atomic E-state index is 13.4. The smallest absolute Gasteiger partial charge is 0.322 e. The van der Waals surface area contributed by atoms with Crippen LogP contribution in [0.4, 0.5) is 19.3 Å². The number of amides is 3. The number of ether oxygens (including phenoxy) is 1. The minimum Gasteiger partial charge on any atom is -0.370 e. The molecule has 0 saturated carbocycles. The molecule has 0 aliphatic carbocycles. The maximum absolute atomic E-state index is 13.4. The van der Waals surface area contributed by atoms with E-state index < -0.39 is 17.7 Å². The Morgan fingerprint density at radius 3 is 2.52 bits per heavy atom. The summed E-state index contributed by atoms with van der Waals surface area (Å²) in [6.45, 7) is 0.877. The number of nitrogens with one attached hydrogen (secondary N) is 2. The average Bonchev–Trinajstić information content (AvgIpc) is 2.70. The van der Waals surface area contributed by atoms with Crippen LogP contribution in [0.5, 0.6) is 0 Å². The van der Waals surface area contributed by atoms with Crippen LogP contribution in [0.2, 0.25) is 0 Å². The molecule has 0 bridgehead atoms. The Kier molecular flexibility index (Phi) is 5.66. The average molecular weight is 375 g/mol. The van der Waals surface area contributed by atoms with E-state index in [1.807, 2.05) is 0 Å². The van der Waals surface area contributed by atoms with Crippen LogP contribution >= 0.6 is 0 Å². The zero-order chi connectivity index (χ0) is 19.4. The van der Waals surface area contributed by atoms with Crippen molar-refractivity contribution >= 4 is 17.6 Å². The van der Waals surface area contributed by atoms with Gasteiger partial charge in [0.05, 0.1) is 13.2 Å². The number of benzene rings is 2. The number of halogens is 2. The fourth-order valence-corrected chi connectivity index (χ4v) is 2.80. The number of carbonyl (C=O) groups is 2. The van der Waals surface area contributed by atoms with Gasteiger partial charge < -0.3 is 20.3 Å². The molecular formula is C19H19F2N3O3. The molecule has 2 aromatic carbocycles. The van der Waals surface area contributed by atoms with E-state index >= 15 is 0 Å². The molecule has 1 aliphatic rings. The van der Waals surface area contributed by atoms with Gasteiger partial charge in [0.2, 0.25) is 0 Å². The van der Waals surface area contributed by atoms with Crippen molar-refractivity contribution in [1.82, 2.24) is 10.2 Å². The van der Waals surface area contributed by atoms with Crippen molar-refractivity contribution < 1.29 is 23.1 Å². The number of anilines is 1. The lowest BCUT2D eigenvalue weighted by molar-refractivity contribution is -0.0136. The lowest BCUT2D eigenvalue weighted by Gasteiger charge is -2.33. The highest BCUT2D eigenvalue weighted by molar-refractivity contribution is 5.95. The predicted molar refractivity (Wildman–Crippen MR) is 95.5 cm³/mol. The summed E-state index contributed by atoms with van der Waals surface area (Å²) < 4.78 is 32.1. The van der Waals surface area contributed by atoms with Gasteiger partial charge in [0, 0.05) is 24.8 Å². The van der Waals surface area contributed by atoms with Crippen LogP contribution in [0.1, 0.15) is 22.0 Å². The maximum Gasteiger partial charge on any atom is 0.322 e. The summed E-state index contributed by atoms with van der Waals surface area (Å²) in [5.41, 5.74) is 1.50. The van der Waals surface area contributed by atoms with Crippen molar-refractivity contribution in [3.05, 3.63) is 65.2 Å². The van der Waals surface area contributed by atoms with Crippen LogP contribution in [-0.4, -0.2) is 43.6 Å². The zero-order valence-electron chi connectivity index (χ0n) is 14.7. The van der Waals surface area contributed by atoms with Gasteiger partial charge in [-0.3, -0.25) is 4.79 Å². The third kappa shape index (κ3) is 4.40. The number of carbonyl (C=O) groups excluding carboxylic acids is 2. The van der Waals surface area contributed by atoms with Gasteiger partial charge in [-0.15, -0.1) is 0 Å². The molecule has 3 rings (SSSR count). The molecule has 0 aromatic heterocycles. The van der Waals surface area contributed by atoms with Crippen LogP contribution < -0.4 is 10.6 Å². The van der Waals surface area contributed by atoms with E-state index in [-0.39, 0.29) is 25.1 Å². The fourth-order valence-electron chi connectivity index (χ4n) is 2.80. The molecule has 1 saturated heterocycles. The van der Waals surface area contributed by atoms with Gasteiger partial charge in [-0.2, -0.15) is 0 Å². The van der Waals surface area contributed by atoms with Crippen LogP contribution in [0, 0.1) is 11.6 Å². The van der Waals surface area contributed by atoms with Crippen LogP contribution in [0.15, 0.2) is 42.5 Å². The fraction of sp³-hybridized carbons (Fsp3) is 0.263. The second kappa shape index (κ2) is 8.13. The van der Waals surface area contributed by atoms with Crippen LogP contribution in [0.3, 0.4) is 0 Å². The highest BCUT2D eigenvalue weighted by Crippen LogP contribution is 2.24. The number of urea groups is 1. The second-order valence-corrected chi connectivity index (χ2v) is 6.07. The Morgan fingerprint density at radius 1 is 1.11 bits per heavy atom. The Labute approximate surface area is 155 Å². The topological polar surface area (TPSA) is 70.7 Å². The summed E-state index contributed by atoms with van der Waals surface area (Å²) in [4.78, 5) is 25.6. The highest BCUT2D eigenvalue weighted by atomic mass is 19.2. The molecule has 2 aromatic rings. The quantitative estimate of drug-likeness (QED) is 0.867. The van der Waals surface area contributed by atoms with Crippen LogP contribution in [-0.2, 0) is 4.74 Å². The Bertz CT molecular complexity index is 843. The summed E-state index contributed by atoms with van der Waals surface area (Å²) in [5.74, 6) is -2.09. The molecule has 1 fully saturated rings. The van der Waals surface area contributed by atoms with Gasteiger partial charge in [0.15, 0.2) is 11.6 Å². The van der Waals surface area contributed by atoms with E-state index in [1.165, 1.54) is 6.07 Å². The van der Waals surface area contributed by atoms with E-state index in [4.69, 9.17) is 4.74 Å². The molecule has 0 unspecified atom stereocenters. The molecule has 1 heterocycles. The monoisotopic (exact) mass is 375 g/mol. The number of hydrogen-bond acceptors (Lipinski definition) is 3. The standard InChI is InChI=1S/C19H19F2N3O3/c1-22-18(25)12-2-5-14(6-3-12)23-19(26)24-8-9-27-17(11-24)13-4-7-15(20)16(21)10-13/h2-7,10,17H,8-9,11H2,1H3,(H,22,25)(H,23,26)/t17-/m0/s1. The molecule has 0 radical (unpaired) electrons. The normalized spacial score (nSPS) is 16.7. The number of nitrogens with zero attached hydrogens (tertiary/aromatic N) is 1. The van der Waals surface area contributed by atoms with E-state index in [0.29, 0.717) is 23.4 Å². The molecule has 142 valence electrons. The van der Waals surface area contributed by atoms with Gasteiger partial charge in [-0.25, -0.2) is 13.6 Å². The third-order valence-electron chi connectivity index (χ3n) is 4.29. The largest absolute Gasteiger partial charge is 0.370 e. The number of rotatable bonds is 3. The summed E-state index contributed by atoms with van der Waals surface area (Å²) in [6.07, 6.45) is -0.532. The Morgan fingerprint density at radius 2 is 1.85 bits per heavy atom. The lowest BCUT2D eigenvalue weighted by Crippen LogP contribution is -2.44. The molecule has 1 atom stereocenters. The van der Waals surface area contributed by atoms with Gasteiger partial charge in [-0.05, 0) is 42.0 Å². The van der Waals surface area contributed by atoms with Gasteiger partial charge in [0.25, 0.3) is 5.91 Å². The van der Waals surface area contributed by atoms with Gasteiger partial charge in [-0.1, -0.05) is 6.07 Å². The molecule has 1 aliphatic heterocycles. The second-order valence-electron chi connectivity index (χ2n) is 6.07. The lowest BCUT2D eigenvalue weighted by atomic mass is 10.1. The minimum atomic E-state index is -0.950. The van der Waals surface area contributed by atoms with Crippen molar-refractivity contribution in [2.45, 2.75) is 6.10 Å². The van der Waals surface area contributed by atoms with Crippen molar-refractivity contribution in [3.8, 4) is 0 Å². The van der Waals surface area contributed by atoms with Crippen molar-refractivity contribution in [2.75, 3.05) is 32.1 Å².